The van der Waals surface area contributed by atoms with Gasteiger partial charge < -0.3 is 16.4 Å². The number of nitrogens with one attached hydrogen (secondary N) is 2. The fourth-order valence-electron chi connectivity index (χ4n) is 2.25. The maximum absolute atomic E-state index is 11.9. The Labute approximate surface area is 166 Å². The van der Waals surface area contributed by atoms with E-state index < -0.39 is 0 Å². The van der Waals surface area contributed by atoms with Crippen molar-refractivity contribution in [1.29, 1.82) is 0 Å². The number of carbonyl (C=O) groups is 1. The third kappa shape index (κ3) is 11.1. The third-order valence-electron chi connectivity index (χ3n) is 3.60. The average Bonchev–Trinajstić information content (AvgIpc) is 2.51. The molecule has 0 bridgehead atoms. The van der Waals surface area contributed by atoms with Crippen molar-refractivity contribution < 1.29 is 4.79 Å². The summed E-state index contributed by atoms with van der Waals surface area (Å²) in [7, 11) is 0. The Morgan fingerprint density at radius 2 is 1.84 bits per heavy atom. The molecule has 1 atom stereocenters. The normalized spacial score (nSPS) is 12.4. The Balaban J connectivity index is 0.00000576. The van der Waals surface area contributed by atoms with Gasteiger partial charge in [0.15, 0.2) is 5.96 Å². The molecule has 1 aromatic carbocycles. The van der Waals surface area contributed by atoms with E-state index in [0.29, 0.717) is 35.7 Å². The van der Waals surface area contributed by atoms with E-state index in [0.717, 1.165) is 12.3 Å². The second kappa shape index (κ2) is 13.0. The number of carbonyl (C=O) groups excluding carboxylic acids is 1. The van der Waals surface area contributed by atoms with Gasteiger partial charge in [0.2, 0.25) is 0 Å². The summed E-state index contributed by atoms with van der Waals surface area (Å²) < 4.78 is 0. The van der Waals surface area contributed by atoms with Crippen LogP contribution in [-0.2, 0) is 0 Å². The summed E-state index contributed by atoms with van der Waals surface area (Å²) in [5.41, 5.74) is 6.44. The molecule has 142 valence electrons. The summed E-state index contributed by atoms with van der Waals surface area (Å²) in [6.07, 6.45) is 3.47. The van der Waals surface area contributed by atoms with Crippen molar-refractivity contribution in [3.63, 3.8) is 0 Å². The minimum absolute atomic E-state index is 0. The van der Waals surface area contributed by atoms with E-state index in [-0.39, 0.29) is 22.9 Å². The van der Waals surface area contributed by atoms with Crippen LogP contribution in [-0.4, -0.2) is 31.0 Å². The zero-order valence-corrected chi connectivity index (χ0v) is 17.7. The van der Waals surface area contributed by atoms with Crippen LogP contribution in [0.15, 0.2) is 29.3 Å². The Kier molecular flexibility index (Phi) is 12.3. The van der Waals surface area contributed by atoms with Crippen molar-refractivity contribution in [1.82, 2.24) is 10.6 Å². The van der Waals surface area contributed by atoms with Crippen molar-refractivity contribution in [2.75, 3.05) is 13.1 Å². The molecule has 5 nitrogen and oxygen atoms in total. The highest BCUT2D eigenvalue weighted by Gasteiger charge is 2.05. The lowest BCUT2D eigenvalue weighted by Gasteiger charge is -2.15. The number of amides is 1. The first-order chi connectivity index (χ1) is 11.4. The van der Waals surface area contributed by atoms with Crippen molar-refractivity contribution in [3.8, 4) is 0 Å². The smallest absolute Gasteiger partial charge is 0.251 e. The first-order valence-corrected chi connectivity index (χ1v) is 8.86. The first kappa shape index (κ1) is 23.7. The molecule has 0 fully saturated rings. The van der Waals surface area contributed by atoms with Crippen molar-refractivity contribution >= 4 is 40.4 Å². The number of halogens is 2. The van der Waals surface area contributed by atoms with Crippen LogP contribution in [0.3, 0.4) is 0 Å². The van der Waals surface area contributed by atoms with E-state index >= 15 is 0 Å². The van der Waals surface area contributed by atoms with E-state index in [9.17, 15) is 4.79 Å². The van der Waals surface area contributed by atoms with Crippen LogP contribution in [0.1, 0.15) is 50.4 Å². The molecule has 0 aliphatic carbocycles. The molecule has 0 heterocycles. The van der Waals surface area contributed by atoms with Gasteiger partial charge in [-0.05, 0) is 43.5 Å². The molecule has 1 amide bonds. The van der Waals surface area contributed by atoms with E-state index in [1.807, 2.05) is 0 Å². The van der Waals surface area contributed by atoms with Crippen LogP contribution in [0.2, 0.25) is 5.02 Å². The van der Waals surface area contributed by atoms with Gasteiger partial charge in [-0.1, -0.05) is 38.3 Å². The lowest BCUT2D eigenvalue weighted by Crippen LogP contribution is -2.39. The molecular weight excluding hydrogens is 404 g/mol. The fourth-order valence-corrected chi connectivity index (χ4v) is 2.38. The van der Waals surface area contributed by atoms with Crippen LogP contribution < -0.4 is 16.4 Å². The van der Waals surface area contributed by atoms with Gasteiger partial charge in [0.1, 0.15) is 0 Å². The Morgan fingerprint density at radius 1 is 1.20 bits per heavy atom. The highest BCUT2D eigenvalue weighted by Crippen LogP contribution is 2.09. The predicted molar refractivity (Wildman–Crippen MR) is 112 cm³/mol. The van der Waals surface area contributed by atoms with Gasteiger partial charge in [-0.15, -0.1) is 17.0 Å². The maximum atomic E-state index is 11.9. The molecule has 4 N–H and O–H groups in total. The Morgan fingerprint density at radius 3 is 2.44 bits per heavy atom. The van der Waals surface area contributed by atoms with Gasteiger partial charge in [0.05, 0.1) is 6.54 Å². The molecule has 0 saturated carbocycles. The zero-order chi connectivity index (χ0) is 17.9. The molecule has 7 heteroatoms. The molecule has 25 heavy (non-hydrogen) atoms. The molecular formula is C18H30BrClN4O. The summed E-state index contributed by atoms with van der Waals surface area (Å²) in [5, 5.41) is 6.59. The standard InChI is InChI=1S/C18H29ClN4O.BrH/c1-13(2)5-4-6-14(3)23-18(20)22-12-11-21-17(24)15-7-9-16(19)10-8-15;/h7-10,13-14H,4-6,11-12H2,1-3H3,(H,21,24)(H3,20,22,23);1H. The number of benzene rings is 1. The summed E-state index contributed by atoms with van der Waals surface area (Å²) >= 11 is 5.80. The quantitative estimate of drug-likeness (QED) is 0.315. The molecule has 0 radical (unpaired) electrons. The molecule has 0 aliphatic rings. The van der Waals surface area contributed by atoms with Gasteiger partial charge in [-0.25, -0.2) is 0 Å². The molecule has 0 aromatic heterocycles. The summed E-state index contributed by atoms with van der Waals surface area (Å²) in [6.45, 7) is 7.44. The molecule has 0 aliphatic heterocycles. The van der Waals surface area contributed by atoms with Gasteiger partial charge in [-0.2, -0.15) is 0 Å². The number of hydrogen-bond donors (Lipinski definition) is 3. The molecule has 0 saturated heterocycles. The highest BCUT2D eigenvalue weighted by molar-refractivity contribution is 8.93. The second-order valence-corrected chi connectivity index (χ2v) is 6.84. The number of guanidine groups is 1. The van der Waals surface area contributed by atoms with E-state index in [2.05, 4.69) is 36.4 Å². The maximum Gasteiger partial charge on any atom is 0.251 e. The summed E-state index contributed by atoms with van der Waals surface area (Å²) in [5.74, 6) is 1.01. The van der Waals surface area contributed by atoms with Crippen molar-refractivity contribution in [2.24, 2.45) is 16.6 Å². The number of hydrogen-bond acceptors (Lipinski definition) is 2. The lowest BCUT2D eigenvalue weighted by molar-refractivity contribution is 0.0955. The summed E-state index contributed by atoms with van der Waals surface area (Å²) in [4.78, 5) is 16.1. The van der Waals surface area contributed by atoms with E-state index in [4.69, 9.17) is 17.3 Å². The van der Waals surface area contributed by atoms with Crippen LogP contribution in [0.4, 0.5) is 0 Å². The van der Waals surface area contributed by atoms with Gasteiger partial charge in [0, 0.05) is 23.2 Å². The number of nitrogens with zero attached hydrogens (tertiary/aromatic N) is 1. The van der Waals surface area contributed by atoms with Crippen LogP contribution in [0, 0.1) is 5.92 Å². The van der Waals surface area contributed by atoms with Crippen molar-refractivity contribution in [2.45, 2.75) is 46.1 Å². The topological polar surface area (TPSA) is 79.5 Å². The van der Waals surface area contributed by atoms with Gasteiger partial charge in [-0.3, -0.25) is 9.79 Å². The largest absolute Gasteiger partial charge is 0.370 e. The second-order valence-electron chi connectivity index (χ2n) is 6.40. The molecule has 1 aromatic rings. The summed E-state index contributed by atoms with van der Waals surface area (Å²) in [6, 6.07) is 7.07. The van der Waals surface area contributed by atoms with Gasteiger partial charge >= 0.3 is 0 Å². The highest BCUT2D eigenvalue weighted by atomic mass is 79.9. The number of rotatable bonds is 9. The van der Waals surface area contributed by atoms with Gasteiger partial charge in [0.25, 0.3) is 5.91 Å². The third-order valence-corrected chi connectivity index (χ3v) is 3.85. The monoisotopic (exact) mass is 432 g/mol. The van der Waals surface area contributed by atoms with E-state index in [1.165, 1.54) is 12.8 Å². The fraction of sp³-hybridized carbons (Fsp3) is 0.556. The lowest BCUT2D eigenvalue weighted by atomic mass is 10.0. The van der Waals surface area contributed by atoms with Crippen LogP contribution in [0.25, 0.3) is 0 Å². The zero-order valence-electron chi connectivity index (χ0n) is 15.2. The van der Waals surface area contributed by atoms with Crippen LogP contribution in [0.5, 0.6) is 0 Å². The van der Waals surface area contributed by atoms with E-state index in [1.54, 1.807) is 24.3 Å². The number of nitrogens with two attached hydrogens (primary N) is 1. The molecule has 1 unspecified atom stereocenters. The number of aliphatic imine (C=N–C) groups is 1. The average molecular weight is 434 g/mol. The molecule has 1 rings (SSSR count). The van der Waals surface area contributed by atoms with Crippen LogP contribution >= 0.6 is 28.6 Å². The van der Waals surface area contributed by atoms with Crippen molar-refractivity contribution in [3.05, 3.63) is 34.9 Å². The minimum atomic E-state index is -0.143. The molecule has 0 spiro atoms. The first-order valence-electron chi connectivity index (χ1n) is 8.48. The Bertz CT molecular complexity index is 534. The predicted octanol–water partition coefficient (Wildman–Crippen LogP) is 3.77. The minimum Gasteiger partial charge on any atom is -0.370 e. The Hall–Kier alpha value is -1.27. The SMILES string of the molecule is Br.CC(C)CCCC(C)NC(N)=NCCNC(=O)c1ccc(Cl)cc1.